The van der Waals surface area contributed by atoms with Crippen LogP contribution in [0, 0.1) is 11.3 Å². The first kappa shape index (κ1) is 19.0. The standard InChI is InChI=1S/C19H19ClN4O3/c1-13(18(25)22-15-5-4-14(12-21)16(20)11-15)23-6-8-24(9-7-23)19(26)17-3-2-10-27-17/h2-5,10-11,13H,6-9H2,1H3,(H,22,25)/t13-/m1/s1. The van der Waals surface area contributed by atoms with Gasteiger partial charge in [0.2, 0.25) is 5.91 Å². The van der Waals surface area contributed by atoms with Crippen LogP contribution < -0.4 is 5.32 Å². The molecule has 7 nitrogen and oxygen atoms in total. The molecule has 2 amide bonds. The van der Waals surface area contributed by atoms with Crippen molar-refractivity contribution >= 4 is 29.1 Å². The Labute approximate surface area is 162 Å². The van der Waals surface area contributed by atoms with Crippen molar-refractivity contribution in [2.24, 2.45) is 0 Å². The molecule has 1 aromatic carbocycles. The quantitative estimate of drug-likeness (QED) is 0.872. The highest BCUT2D eigenvalue weighted by Gasteiger charge is 2.28. The normalized spacial score (nSPS) is 15.8. The molecule has 0 aliphatic carbocycles. The van der Waals surface area contributed by atoms with Crippen molar-refractivity contribution in [1.29, 1.82) is 5.26 Å². The van der Waals surface area contributed by atoms with E-state index in [0.717, 1.165) is 0 Å². The summed E-state index contributed by atoms with van der Waals surface area (Å²) in [5, 5.41) is 12.0. The molecule has 27 heavy (non-hydrogen) atoms. The summed E-state index contributed by atoms with van der Waals surface area (Å²) in [5.41, 5.74) is 0.905. The number of hydrogen-bond acceptors (Lipinski definition) is 5. The van der Waals surface area contributed by atoms with Crippen LogP contribution in [0.25, 0.3) is 0 Å². The summed E-state index contributed by atoms with van der Waals surface area (Å²) >= 11 is 6.00. The molecule has 3 rings (SSSR count). The van der Waals surface area contributed by atoms with Crippen LogP contribution in [0.5, 0.6) is 0 Å². The van der Waals surface area contributed by atoms with E-state index in [1.807, 2.05) is 17.9 Å². The van der Waals surface area contributed by atoms with Gasteiger partial charge in [-0.05, 0) is 37.3 Å². The third kappa shape index (κ3) is 4.30. The number of halogens is 1. The molecule has 1 atom stereocenters. The van der Waals surface area contributed by atoms with Crippen LogP contribution in [0.15, 0.2) is 41.0 Å². The zero-order valence-corrected chi connectivity index (χ0v) is 15.6. The molecule has 0 unspecified atom stereocenters. The maximum absolute atomic E-state index is 12.5. The molecule has 1 aliphatic heterocycles. The van der Waals surface area contributed by atoms with Crippen LogP contribution >= 0.6 is 11.6 Å². The van der Waals surface area contributed by atoms with E-state index < -0.39 is 0 Å². The Morgan fingerprint density at radius 3 is 2.59 bits per heavy atom. The monoisotopic (exact) mass is 386 g/mol. The molecule has 2 heterocycles. The topological polar surface area (TPSA) is 89.6 Å². The number of amides is 2. The molecule has 1 aromatic heterocycles. The van der Waals surface area contributed by atoms with Gasteiger partial charge in [-0.1, -0.05) is 11.6 Å². The van der Waals surface area contributed by atoms with Gasteiger partial charge in [0.05, 0.1) is 22.9 Å². The minimum absolute atomic E-state index is 0.135. The summed E-state index contributed by atoms with van der Waals surface area (Å²) in [7, 11) is 0. The van der Waals surface area contributed by atoms with Gasteiger partial charge in [-0.15, -0.1) is 0 Å². The van der Waals surface area contributed by atoms with Gasteiger partial charge in [0.1, 0.15) is 6.07 Å². The second kappa shape index (κ2) is 8.25. The fraction of sp³-hybridized carbons (Fsp3) is 0.316. The number of nitrogens with one attached hydrogen (secondary N) is 1. The third-order valence-corrected chi connectivity index (χ3v) is 4.93. The van der Waals surface area contributed by atoms with Crippen LogP contribution in [-0.4, -0.2) is 53.8 Å². The van der Waals surface area contributed by atoms with E-state index in [1.165, 1.54) is 6.26 Å². The maximum atomic E-state index is 12.5. The predicted molar refractivity (Wildman–Crippen MR) is 100 cm³/mol. The van der Waals surface area contributed by atoms with Gasteiger partial charge in [0, 0.05) is 31.9 Å². The minimum atomic E-state index is -0.361. The average Bonchev–Trinajstić information content (AvgIpc) is 3.22. The predicted octanol–water partition coefficient (Wildman–Crippen LogP) is 2.59. The first-order valence-electron chi connectivity index (χ1n) is 8.57. The first-order valence-corrected chi connectivity index (χ1v) is 8.94. The molecule has 140 valence electrons. The second-order valence-electron chi connectivity index (χ2n) is 6.28. The van der Waals surface area contributed by atoms with Crippen molar-refractivity contribution in [3.8, 4) is 6.07 Å². The summed E-state index contributed by atoms with van der Waals surface area (Å²) in [5.74, 6) is 0.0255. The number of piperazine rings is 1. The van der Waals surface area contributed by atoms with Gasteiger partial charge < -0.3 is 14.6 Å². The Kier molecular flexibility index (Phi) is 5.79. The van der Waals surface area contributed by atoms with Crippen molar-refractivity contribution in [2.75, 3.05) is 31.5 Å². The Morgan fingerprint density at radius 1 is 1.26 bits per heavy atom. The van der Waals surface area contributed by atoms with Crippen LogP contribution in [0.1, 0.15) is 23.0 Å². The highest BCUT2D eigenvalue weighted by atomic mass is 35.5. The summed E-state index contributed by atoms with van der Waals surface area (Å²) in [6, 6.07) is 9.73. The molecule has 8 heteroatoms. The molecule has 0 bridgehead atoms. The molecule has 0 radical (unpaired) electrons. The first-order chi connectivity index (χ1) is 13.0. The van der Waals surface area contributed by atoms with Crippen molar-refractivity contribution < 1.29 is 14.0 Å². The van der Waals surface area contributed by atoms with E-state index in [1.54, 1.807) is 35.2 Å². The van der Waals surface area contributed by atoms with Gasteiger partial charge in [0.15, 0.2) is 5.76 Å². The molecule has 2 aromatic rings. The molecular weight excluding hydrogens is 368 g/mol. The summed E-state index contributed by atoms with van der Waals surface area (Å²) in [6.07, 6.45) is 1.48. The SMILES string of the molecule is C[C@H](C(=O)Nc1ccc(C#N)c(Cl)c1)N1CCN(C(=O)c2ccco2)CC1. The van der Waals surface area contributed by atoms with Gasteiger partial charge in [-0.3, -0.25) is 14.5 Å². The number of carbonyl (C=O) groups is 2. The Hall–Kier alpha value is -2.82. The lowest BCUT2D eigenvalue weighted by molar-refractivity contribution is -0.121. The molecular formula is C19H19ClN4O3. The van der Waals surface area contributed by atoms with Crippen LogP contribution in [0.4, 0.5) is 5.69 Å². The maximum Gasteiger partial charge on any atom is 0.289 e. The highest BCUT2D eigenvalue weighted by Crippen LogP contribution is 2.21. The van der Waals surface area contributed by atoms with E-state index in [2.05, 4.69) is 5.32 Å². The van der Waals surface area contributed by atoms with Crippen LogP contribution in [0.2, 0.25) is 5.02 Å². The molecule has 1 fully saturated rings. The lowest BCUT2D eigenvalue weighted by Gasteiger charge is -2.37. The number of nitriles is 1. The van der Waals surface area contributed by atoms with Crippen molar-refractivity contribution in [2.45, 2.75) is 13.0 Å². The molecule has 1 saturated heterocycles. The lowest BCUT2D eigenvalue weighted by atomic mass is 10.2. The molecule has 0 saturated carbocycles. The van der Waals surface area contributed by atoms with Gasteiger partial charge in [0.25, 0.3) is 5.91 Å². The van der Waals surface area contributed by atoms with E-state index in [-0.39, 0.29) is 17.9 Å². The lowest BCUT2D eigenvalue weighted by Crippen LogP contribution is -2.54. The fourth-order valence-electron chi connectivity index (χ4n) is 2.96. The van der Waals surface area contributed by atoms with Crippen LogP contribution in [0.3, 0.4) is 0 Å². The second-order valence-corrected chi connectivity index (χ2v) is 6.68. The summed E-state index contributed by atoms with van der Waals surface area (Å²) in [6.45, 7) is 4.06. The Morgan fingerprint density at radius 2 is 2.00 bits per heavy atom. The number of anilines is 1. The molecule has 1 N–H and O–H groups in total. The van der Waals surface area contributed by atoms with E-state index >= 15 is 0 Å². The zero-order valence-electron chi connectivity index (χ0n) is 14.8. The number of hydrogen-bond donors (Lipinski definition) is 1. The molecule has 1 aliphatic rings. The van der Waals surface area contributed by atoms with Gasteiger partial charge in [-0.2, -0.15) is 5.26 Å². The Bertz CT molecular complexity index is 868. The minimum Gasteiger partial charge on any atom is -0.459 e. The number of carbonyl (C=O) groups excluding carboxylic acids is 2. The number of rotatable bonds is 4. The van der Waals surface area contributed by atoms with Crippen LogP contribution in [-0.2, 0) is 4.79 Å². The van der Waals surface area contributed by atoms with Crippen molar-refractivity contribution in [3.63, 3.8) is 0 Å². The molecule has 0 spiro atoms. The van der Waals surface area contributed by atoms with E-state index in [4.69, 9.17) is 21.3 Å². The fourth-order valence-corrected chi connectivity index (χ4v) is 3.19. The third-order valence-electron chi connectivity index (χ3n) is 4.62. The highest BCUT2D eigenvalue weighted by molar-refractivity contribution is 6.32. The Balaban J connectivity index is 1.55. The van der Waals surface area contributed by atoms with Crippen molar-refractivity contribution in [1.82, 2.24) is 9.80 Å². The van der Waals surface area contributed by atoms with Gasteiger partial charge in [-0.25, -0.2) is 0 Å². The number of furan rings is 1. The van der Waals surface area contributed by atoms with E-state index in [9.17, 15) is 9.59 Å². The van der Waals surface area contributed by atoms with E-state index in [0.29, 0.717) is 48.2 Å². The number of benzene rings is 1. The largest absolute Gasteiger partial charge is 0.459 e. The summed E-state index contributed by atoms with van der Waals surface area (Å²) < 4.78 is 5.15. The zero-order chi connectivity index (χ0) is 19.4. The van der Waals surface area contributed by atoms with Gasteiger partial charge >= 0.3 is 0 Å². The smallest absolute Gasteiger partial charge is 0.289 e. The number of nitrogens with zero attached hydrogens (tertiary/aromatic N) is 3. The average molecular weight is 387 g/mol. The summed E-state index contributed by atoms with van der Waals surface area (Å²) in [4.78, 5) is 28.6. The van der Waals surface area contributed by atoms with Crippen molar-refractivity contribution in [3.05, 3.63) is 52.9 Å².